The minimum absolute atomic E-state index is 0.0278. The third-order valence-corrected chi connectivity index (χ3v) is 3.10. The van der Waals surface area contributed by atoms with Crippen LogP contribution in [-0.2, 0) is 0 Å². The Kier molecular flexibility index (Phi) is 5.86. The van der Waals surface area contributed by atoms with Crippen molar-refractivity contribution in [3.05, 3.63) is 36.7 Å². The molecule has 0 bridgehead atoms. The zero-order valence-electron chi connectivity index (χ0n) is 13.5. The van der Waals surface area contributed by atoms with Crippen LogP contribution in [0.1, 0.15) is 0 Å². The smallest absolute Gasteiger partial charge is 0.221 e. The molecule has 26 heavy (non-hydrogen) atoms. The third kappa shape index (κ3) is 4.41. The fourth-order valence-corrected chi connectivity index (χ4v) is 1.94. The monoisotopic (exact) mass is 360 g/mol. The van der Waals surface area contributed by atoms with Gasteiger partial charge in [0.05, 0.1) is 12.4 Å². The highest BCUT2D eigenvalue weighted by molar-refractivity contribution is 5.51. The molecule has 3 aromatic rings. The molecular weight excluding hydrogens is 346 g/mol. The maximum absolute atomic E-state index is 12.1. The first-order valence-corrected chi connectivity index (χ1v) is 7.68. The van der Waals surface area contributed by atoms with Gasteiger partial charge in [-0.1, -0.05) is 0 Å². The second-order valence-corrected chi connectivity index (χ2v) is 4.88. The molecular formula is C16H14F2N6O2. The minimum atomic E-state index is -0.572. The van der Waals surface area contributed by atoms with Gasteiger partial charge in [0.15, 0.2) is 0 Å². The normalized spacial score (nSPS) is 10.5. The Labute approximate surface area is 147 Å². The molecule has 0 atom stereocenters. The molecule has 0 aliphatic heterocycles. The van der Waals surface area contributed by atoms with E-state index in [1.165, 1.54) is 12.4 Å². The quantitative estimate of drug-likeness (QED) is 0.602. The van der Waals surface area contributed by atoms with E-state index in [9.17, 15) is 8.78 Å². The number of hydrogen-bond acceptors (Lipinski definition) is 8. The Morgan fingerprint density at radius 3 is 1.38 bits per heavy atom. The topological polar surface area (TPSA) is 95.8 Å². The van der Waals surface area contributed by atoms with Crippen LogP contribution in [0.4, 0.5) is 8.78 Å². The van der Waals surface area contributed by atoms with E-state index in [0.717, 1.165) is 0 Å². The van der Waals surface area contributed by atoms with Gasteiger partial charge in [0.2, 0.25) is 11.6 Å². The van der Waals surface area contributed by atoms with Crippen LogP contribution in [-0.4, -0.2) is 56.9 Å². The molecule has 0 saturated heterocycles. The van der Waals surface area contributed by atoms with E-state index < -0.39 is 13.3 Å². The van der Waals surface area contributed by atoms with Crippen molar-refractivity contribution < 1.29 is 18.3 Å². The molecule has 10 heteroatoms. The summed E-state index contributed by atoms with van der Waals surface area (Å²) in [4.78, 5) is 8.26. The molecule has 0 aromatic carbocycles. The number of pyridine rings is 2. The van der Waals surface area contributed by atoms with E-state index in [2.05, 4.69) is 30.4 Å². The van der Waals surface area contributed by atoms with Gasteiger partial charge in [0.1, 0.15) is 49.4 Å². The van der Waals surface area contributed by atoms with Gasteiger partial charge >= 0.3 is 0 Å². The lowest BCUT2D eigenvalue weighted by atomic mass is 10.3. The lowest BCUT2D eigenvalue weighted by molar-refractivity contribution is 0.272. The zero-order valence-corrected chi connectivity index (χ0v) is 13.5. The van der Waals surface area contributed by atoms with Crippen LogP contribution < -0.4 is 9.47 Å². The van der Waals surface area contributed by atoms with Crippen molar-refractivity contribution in [2.45, 2.75) is 0 Å². The van der Waals surface area contributed by atoms with Crippen molar-refractivity contribution in [1.82, 2.24) is 30.4 Å². The fourth-order valence-electron chi connectivity index (χ4n) is 1.94. The van der Waals surface area contributed by atoms with Crippen molar-refractivity contribution in [2.24, 2.45) is 0 Å². The van der Waals surface area contributed by atoms with Crippen molar-refractivity contribution in [3.63, 3.8) is 0 Å². The van der Waals surface area contributed by atoms with Gasteiger partial charge in [-0.15, -0.1) is 20.4 Å². The van der Waals surface area contributed by atoms with Crippen LogP contribution in [0.5, 0.6) is 11.5 Å². The number of ether oxygens (including phenoxy) is 2. The van der Waals surface area contributed by atoms with E-state index in [1.807, 2.05) is 0 Å². The summed E-state index contributed by atoms with van der Waals surface area (Å²) in [6, 6.07) is 6.52. The van der Waals surface area contributed by atoms with Gasteiger partial charge in [-0.3, -0.25) is 0 Å². The number of nitrogens with zero attached hydrogens (tertiary/aromatic N) is 6. The third-order valence-electron chi connectivity index (χ3n) is 3.10. The van der Waals surface area contributed by atoms with Gasteiger partial charge in [-0.2, -0.15) is 0 Å². The molecule has 134 valence electrons. The van der Waals surface area contributed by atoms with Gasteiger partial charge in [-0.25, -0.2) is 18.7 Å². The van der Waals surface area contributed by atoms with Gasteiger partial charge in [0.25, 0.3) is 0 Å². The number of hydrogen-bond donors (Lipinski definition) is 0. The highest BCUT2D eigenvalue weighted by Crippen LogP contribution is 2.17. The molecule has 0 N–H and O–H groups in total. The molecule has 0 aliphatic carbocycles. The summed E-state index contributed by atoms with van der Waals surface area (Å²) in [5.41, 5.74) is 0.902. The molecule has 8 nitrogen and oxygen atoms in total. The van der Waals surface area contributed by atoms with E-state index >= 15 is 0 Å². The maximum atomic E-state index is 12.1. The Morgan fingerprint density at radius 1 is 0.654 bits per heavy atom. The largest absolute Gasteiger partial charge is 0.489 e. The molecule has 0 radical (unpaired) electrons. The second-order valence-electron chi connectivity index (χ2n) is 4.88. The highest BCUT2D eigenvalue weighted by Gasteiger charge is 2.09. The lowest BCUT2D eigenvalue weighted by Crippen LogP contribution is -2.03. The first-order chi connectivity index (χ1) is 12.8. The van der Waals surface area contributed by atoms with Crippen LogP contribution in [0.15, 0.2) is 36.7 Å². The van der Waals surface area contributed by atoms with Gasteiger partial charge in [0, 0.05) is 0 Å². The van der Waals surface area contributed by atoms with E-state index in [1.54, 1.807) is 24.3 Å². The highest BCUT2D eigenvalue weighted by atomic mass is 19.1. The summed E-state index contributed by atoms with van der Waals surface area (Å²) >= 11 is 0. The summed E-state index contributed by atoms with van der Waals surface area (Å²) in [6.07, 6.45) is 2.89. The summed E-state index contributed by atoms with van der Waals surface area (Å²) in [6.45, 7) is -1.20. The van der Waals surface area contributed by atoms with Gasteiger partial charge in [-0.05, 0) is 24.3 Å². The predicted octanol–water partition coefficient (Wildman–Crippen LogP) is 2.09. The van der Waals surface area contributed by atoms with Gasteiger partial charge < -0.3 is 9.47 Å². The van der Waals surface area contributed by atoms with Crippen molar-refractivity contribution in [2.75, 3.05) is 26.6 Å². The number of aromatic nitrogens is 6. The number of halogens is 2. The zero-order chi connectivity index (χ0) is 18.2. The molecule has 0 saturated carbocycles. The van der Waals surface area contributed by atoms with Crippen LogP contribution in [0.25, 0.3) is 23.0 Å². The fraction of sp³-hybridized carbons (Fsp3) is 0.250. The lowest BCUT2D eigenvalue weighted by Gasteiger charge is -2.04. The molecule has 3 rings (SSSR count). The van der Waals surface area contributed by atoms with E-state index in [-0.39, 0.29) is 24.9 Å². The summed E-state index contributed by atoms with van der Waals surface area (Å²) in [5.74, 6) is 1.36. The second kappa shape index (κ2) is 8.70. The average Bonchev–Trinajstić information content (AvgIpc) is 2.72. The number of alkyl halides is 2. The Hall–Kier alpha value is -3.30. The first kappa shape index (κ1) is 17.5. The van der Waals surface area contributed by atoms with Crippen LogP contribution >= 0.6 is 0 Å². The molecule has 3 aromatic heterocycles. The Bertz CT molecular complexity index is 745. The molecule has 0 spiro atoms. The Balaban J connectivity index is 1.69. The minimum Gasteiger partial charge on any atom is -0.489 e. The predicted molar refractivity (Wildman–Crippen MR) is 87.0 cm³/mol. The van der Waals surface area contributed by atoms with Crippen LogP contribution in [0.2, 0.25) is 0 Å². The standard InChI is InChI=1S/C16H14F2N6O2/c17-5-7-25-11-1-3-13(19-9-11)15-21-23-16(24-22-15)14-4-2-12(10-20-14)26-8-6-18/h1-4,9-10H,5-8H2. The summed E-state index contributed by atoms with van der Waals surface area (Å²) in [7, 11) is 0. The first-order valence-electron chi connectivity index (χ1n) is 7.68. The van der Waals surface area contributed by atoms with E-state index in [4.69, 9.17) is 9.47 Å². The molecule has 0 unspecified atom stereocenters. The summed E-state index contributed by atoms with van der Waals surface area (Å²) in [5, 5.41) is 15.9. The molecule has 0 aliphatic rings. The maximum Gasteiger partial charge on any atom is 0.221 e. The Morgan fingerprint density at radius 2 is 1.08 bits per heavy atom. The molecule has 0 fully saturated rings. The SMILES string of the molecule is FCCOc1ccc(-c2nnc(-c3ccc(OCCF)cn3)nn2)nc1. The average molecular weight is 360 g/mol. The van der Waals surface area contributed by atoms with Crippen molar-refractivity contribution in [3.8, 4) is 34.5 Å². The van der Waals surface area contributed by atoms with Crippen LogP contribution in [0, 0.1) is 0 Å². The van der Waals surface area contributed by atoms with Crippen LogP contribution in [0.3, 0.4) is 0 Å². The van der Waals surface area contributed by atoms with Crippen molar-refractivity contribution in [1.29, 1.82) is 0 Å². The molecule has 0 amide bonds. The summed E-state index contributed by atoms with van der Waals surface area (Å²) < 4.78 is 34.4. The molecule has 3 heterocycles. The van der Waals surface area contributed by atoms with E-state index in [0.29, 0.717) is 22.9 Å². The van der Waals surface area contributed by atoms with Crippen molar-refractivity contribution >= 4 is 0 Å². The number of rotatable bonds is 8.